The normalized spacial score (nSPS) is 17.0. The smallest absolute Gasteiger partial charge is 0.222 e. The van der Waals surface area contributed by atoms with Crippen molar-refractivity contribution in [3.63, 3.8) is 0 Å². The van der Waals surface area contributed by atoms with Gasteiger partial charge in [0.05, 0.1) is 13.2 Å². The molecule has 0 saturated carbocycles. The third kappa shape index (κ3) is 4.21. The van der Waals surface area contributed by atoms with E-state index in [9.17, 15) is 4.79 Å². The Hall–Kier alpha value is -1.55. The first-order valence-electron chi connectivity index (χ1n) is 7.77. The molecule has 1 heterocycles. The Balaban J connectivity index is 2.08. The average molecular weight is 290 g/mol. The first-order valence-corrected chi connectivity index (χ1v) is 7.77. The molecule has 1 aliphatic heterocycles. The van der Waals surface area contributed by atoms with Crippen molar-refractivity contribution in [2.24, 2.45) is 5.92 Å². The molecule has 1 aromatic carbocycles. The van der Waals surface area contributed by atoms with E-state index in [4.69, 9.17) is 4.74 Å². The summed E-state index contributed by atoms with van der Waals surface area (Å²) in [6, 6.07) is 8.43. The molecule has 1 saturated heterocycles. The van der Waals surface area contributed by atoms with E-state index in [0.717, 1.165) is 18.8 Å². The van der Waals surface area contributed by atoms with Crippen LogP contribution in [0.2, 0.25) is 0 Å². The van der Waals surface area contributed by atoms with Crippen molar-refractivity contribution in [1.82, 2.24) is 10.2 Å². The Morgan fingerprint density at radius 1 is 1.24 bits per heavy atom. The van der Waals surface area contributed by atoms with Crippen LogP contribution in [0.1, 0.15) is 38.3 Å². The molecule has 21 heavy (non-hydrogen) atoms. The summed E-state index contributed by atoms with van der Waals surface area (Å²) in [6.45, 7) is 6.73. The third-order valence-corrected chi connectivity index (χ3v) is 4.08. The van der Waals surface area contributed by atoms with Crippen molar-refractivity contribution in [3.8, 4) is 5.75 Å². The number of methoxy groups -OCH3 is 1. The zero-order valence-corrected chi connectivity index (χ0v) is 13.3. The minimum absolute atomic E-state index is 0.0279. The van der Waals surface area contributed by atoms with Crippen LogP contribution in [0.15, 0.2) is 24.3 Å². The highest BCUT2D eigenvalue weighted by Crippen LogP contribution is 2.26. The minimum atomic E-state index is 0.0279. The van der Waals surface area contributed by atoms with Crippen LogP contribution in [0, 0.1) is 5.92 Å². The van der Waals surface area contributed by atoms with Crippen LogP contribution in [0.5, 0.6) is 5.75 Å². The number of amides is 1. The molecule has 4 heteroatoms. The maximum atomic E-state index is 11.8. The molecule has 1 atom stereocenters. The number of benzene rings is 1. The first kappa shape index (κ1) is 15.8. The van der Waals surface area contributed by atoms with Gasteiger partial charge in [-0.05, 0) is 43.6 Å². The second-order valence-electron chi connectivity index (χ2n) is 5.93. The number of ether oxygens (including phenoxy) is 1. The van der Waals surface area contributed by atoms with Crippen molar-refractivity contribution >= 4 is 5.91 Å². The predicted molar refractivity (Wildman–Crippen MR) is 84.4 cm³/mol. The van der Waals surface area contributed by atoms with Gasteiger partial charge in [-0.1, -0.05) is 26.0 Å². The maximum absolute atomic E-state index is 11.8. The molecule has 0 bridgehead atoms. The monoisotopic (exact) mass is 290 g/mol. The van der Waals surface area contributed by atoms with Crippen molar-refractivity contribution in [2.75, 3.05) is 26.7 Å². The Kier molecular flexibility index (Phi) is 5.62. The lowest BCUT2D eigenvalue weighted by atomic mass is 10.0. The summed E-state index contributed by atoms with van der Waals surface area (Å²) in [7, 11) is 1.68. The molecular weight excluding hydrogens is 264 g/mol. The molecule has 0 spiro atoms. The fraction of sp³-hybridized carbons (Fsp3) is 0.588. The van der Waals surface area contributed by atoms with Crippen molar-refractivity contribution in [3.05, 3.63) is 29.8 Å². The van der Waals surface area contributed by atoms with E-state index >= 15 is 0 Å². The van der Waals surface area contributed by atoms with Gasteiger partial charge in [-0.2, -0.15) is 0 Å². The highest BCUT2D eigenvalue weighted by atomic mass is 16.5. The molecule has 0 unspecified atom stereocenters. The average Bonchev–Trinajstić information content (AvgIpc) is 3.02. The second-order valence-corrected chi connectivity index (χ2v) is 5.93. The summed E-state index contributed by atoms with van der Waals surface area (Å²) < 4.78 is 5.22. The van der Waals surface area contributed by atoms with E-state index in [0.29, 0.717) is 6.54 Å². The molecule has 116 valence electrons. The molecule has 1 aromatic rings. The van der Waals surface area contributed by atoms with Crippen LogP contribution >= 0.6 is 0 Å². The quantitative estimate of drug-likeness (QED) is 0.875. The van der Waals surface area contributed by atoms with Crippen molar-refractivity contribution in [1.29, 1.82) is 0 Å². The standard InChI is InChI=1S/C17H26N2O2/c1-13(2)17(20)18-12-16(19-10-4-5-11-19)14-6-8-15(21-3)9-7-14/h6-9,13,16H,4-5,10-12H2,1-3H3,(H,18,20)/t16-/m1/s1. The summed E-state index contributed by atoms with van der Waals surface area (Å²) in [4.78, 5) is 14.3. The largest absolute Gasteiger partial charge is 0.497 e. The molecule has 1 N–H and O–H groups in total. The number of hydrogen-bond acceptors (Lipinski definition) is 3. The fourth-order valence-electron chi connectivity index (χ4n) is 2.74. The molecule has 4 nitrogen and oxygen atoms in total. The Morgan fingerprint density at radius 3 is 2.38 bits per heavy atom. The maximum Gasteiger partial charge on any atom is 0.222 e. The number of hydrogen-bond donors (Lipinski definition) is 1. The van der Waals surface area contributed by atoms with E-state index in [-0.39, 0.29) is 17.9 Å². The first-order chi connectivity index (χ1) is 10.1. The minimum Gasteiger partial charge on any atom is -0.497 e. The molecule has 2 rings (SSSR count). The lowest BCUT2D eigenvalue weighted by Crippen LogP contribution is -2.38. The second kappa shape index (κ2) is 7.46. The zero-order chi connectivity index (χ0) is 15.2. The molecule has 0 radical (unpaired) electrons. The highest BCUT2D eigenvalue weighted by molar-refractivity contribution is 5.77. The SMILES string of the molecule is COc1ccc([C@@H](CNC(=O)C(C)C)N2CCCC2)cc1. The fourth-order valence-corrected chi connectivity index (χ4v) is 2.74. The van der Waals surface area contributed by atoms with Crippen molar-refractivity contribution in [2.45, 2.75) is 32.7 Å². The van der Waals surface area contributed by atoms with Gasteiger partial charge < -0.3 is 10.1 Å². The van der Waals surface area contributed by atoms with Gasteiger partial charge in [-0.25, -0.2) is 0 Å². The Morgan fingerprint density at radius 2 is 1.86 bits per heavy atom. The Labute approximate surface area is 127 Å². The molecule has 0 aromatic heterocycles. The third-order valence-electron chi connectivity index (χ3n) is 4.08. The predicted octanol–water partition coefficient (Wildman–Crippen LogP) is 2.60. The Bertz CT molecular complexity index is 450. The van der Waals surface area contributed by atoms with Crippen LogP contribution in [0.4, 0.5) is 0 Å². The highest BCUT2D eigenvalue weighted by Gasteiger charge is 2.24. The number of carbonyl (C=O) groups is 1. The van der Waals surface area contributed by atoms with Crippen LogP contribution in [0.25, 0.3) is 0 Å². The van der Waals surface area contributed by atoms with Gasteiger partial charge >= 0.3 is 0 Å². The molecule has 1 fully saturated rings. The number of carbonyl (C=O) groups excluding carboxylic acids is 1. The van der Waals surface area contributed by atoms with Crippen molar-refractivity contribution < 1.29 is 9.53 Å². The summed E-state index contributed by atoms with van der Waals surface area (Å²) >= 11 is 0. The summed E-state index contributed by atoms with van der Waals surface area (Å²) in [5.41, 5.74) is 1.24. The van der Waals surface area contributed by atoms with Gasteiger partial charge in [-0.3, -0.25) is 9.69 Å². The van der Waals surface area contributed by atoms with E-state index < -0.39 is 0 Å². The lowest BCUT2D eigenvalue weighted by Gasteiger charge is -2.28. The lowest BCUT2D eigenvalue weighted by molar-refractivity contribution is -0.124. The molecule has 1 amide bonds. The van der Waals surface area contributed by atoms with Crippen LogP contribution < -0.4 is 10.1 Å². The molecule has 1 aliphatic rings. The van der Waals surface area contributed by atoms with E-state index in [1.807, 2.05) is 26.0 Å². The number of nitrogens with one attached hydrogen (secondary N) is 1. The summed E-state index contributed by atoms with van der Waals surface area (Å²) in [6.07, 6.45) is 2.48. The van der Waals surface area contributed by atoms with Crippen LogP contribution in [-0.4, -0.2) is 37.6 Å². The van der Waals surface area contributed by atoms with Crippen LogP contribution in [0.3, 0.4) is 0 Å². The number of likely N-dealkylation sites (tertiary alicyclic amines) is 1. The van der Waals surface area contributed by atoms with Gasteiger partial charge in [0, 0.05) is 12.5 Å². The summed E-state index contributed by atoms with van der Waals surface area (Å²) in [5, 5.41) is 3.07. The topological polar surface area (TPSA) is 41.6 Å². The van der Waals surface area contributed by atoms with Crippen LogP contribution in [-0.2, 0) is 4.79 Å². The number of rotatable bonds is 6. The van der Waals surface area contributed by atoms with Gasteiger partial charge in [0.1, 0.15) is 5.75 Å². The van der Waals surface area contributed by atoms with Gasteiger partial charge in [0.2, 0.25) is 5.91 Å². The molecule has 0 aliphatic carbocycles. The van der Waals surface area contributed by atoms with E-state index in [1.165, 1.54) is 18.4 Å². The molecular formula is C17H26N2O2. The zero-order valence-electron chi connectivity index (χ0n) is 13.3. The van der Waals surface area contributed by atoms with Gasteiger partial charge in [0.25, 0.3) is 0 Å². The summed E-state index contributed by atoms with van der Waals surface area (Å²) in [5.74, 6) is 1.01. The van der Waals surface area contributed by atoms with Gasteiger partial charge in [-0.15, -0.1) is 0 Å². The van der Waals surface area contributed by atoms with Gasteiger partial charge in [0.15, 0.2) is 0 Å². The van der Waals surface area contributed by atoms with E-state index in [2.05, 4.69) is 22.3 Å². The number of nitrogens with zero attached hydrogens (tertiary/aromatic N) is 1. The van der Waals surface area contributed by atoms with E-state index in [1.54, 1.807) is 7.11 Å².